The molecule has 6 heteroatoms. The second-order valence-electron chi connectivity index (χ2n) is 6.97. The van der Waals surface area contributed by atoms with E-state index in [1.165, 1.54) is 11.3 Å². The molecule has 0 radical (unpaired) electrons. The number of anilines is 2. The van der Waals surface area contributed by atoms with Gasteiger partial charge in [-0.1, -0.05) is 19.1 Å². The Balaban J connectivity index is 1.61. The van der Waals surface area contributed by atoms with E-state index in [-0.39, 0.29) is 0 Å². The van der Waals surface area contributed by atoms with Crippen molar-refractivity contribution in [2.75, 3.05) is 44.4 Å². The molecule has 0 N–H and O–H groups in total. The molecule has 132 valence electrons. The molecule has 0 unspecified atom stereocenters. The summed E-state index contributed by atoms with van der Waals surface area (Å²) in [5.74, 6) is 2.06. The Hall–Kier alpha value is -2.05. The predicted octanol–water partition coefficient (Wildman–Crippen LogP) is 2.36. The molecule has 1 aromatic heterocycles. The number of likely N-dealkylation sites (N-methyl/N-ethyl adjacent to an activating group) is 1. The smallest absolute Gasteiger partial charge is 0.160 e. The van der Waals surface area contributed by atoms with E-state index < -0.39 is 0 Å². The maximum atomic E-state index is 5.84. The van der Waals surface area contributed by atoms with Crippen molar-refractivity contribution in [3.05, 3.63) is 35.5 Å². The fourth-order valence-corrected chi connectivity index (χ4v) is 4.03. The van der Waals surface area contributed by atoms with Crippen LogP contribution in [0.25, 0.3) is 0 Å². The molecule has 3 aliphatic heterocycles. The number of hydrogen-bond acceptors (Lipinski definition) is 5. The van der Waals surface area contributed by atoms with Crippen molar-refractivity contribution in [1.82, 2.24) is 14.7 Å². The Bertz CT molecular complexity index is 784. The molecule has 2 aromatic rings. The van der Waals surface area contributed by atoms with Gasteiger partial charge in [-0.15, -0.1) is 0 Å². The molecule has 0 amide bonds. The Morgan fingerprint density at radius 3 is 2.88 bits per heavy atom. The van der Waals surface area contributed by atoms with Gasteiger partial charge in [0.1, 0.15) is 12.4 Å². The van der Waals surface area contributed by atoms with Gasteiger partial charge in [0, 0.05) is 30.8 Å². The van der Waals surface area contributed by atoms with Crippen LogP contribution in [0.2, 0.25) is 0 Å². The van der Waals surface area contributed by atoms with Crippen LogP contribution in [0.3, 0.4) is 0 Å². The zero-order chi connectivity index (χ0) is 16.8. The second-order valence-corrected chi connectivity index (χ2v) is 6.97. The highest BCUT2D eigenvalue weighted by Gasteiger charge is 2.33. The van der Waals surface area contributed by atoms with Gasteiger partial charge in [0.15, 0.2) is 5.82 Å². The summed E-state index contributed by atoms with van der Waals surface area (Å²) in [6.45, 7) is 8.51. The number of ether oxygens (including phenoxy) is 2. The third-order valence-corrected chi connectivity index (χ3v) is 5.54. The van der Waals surface area contributed by atoms with E-state index >= 15 is 0 Å². The fourth-order valence-electron chi connectivity index (χ4n) is 4.03. The summed E-state index contributed by atoms with van der Waals surface area (Å²) in [7, 11) is 0. The summed E-state index contributed by atoms with van der Waals surface area (Å²) in [5.41, 5.74) is 3.91. The van der Waals surface area contributed by atoms with Crippen LogP contribution in [0.4, 0.5) is 11.5 Å². The zero-order valence-corrected chi connectivity index (χ0v) is 14.6. The quantitative estimate of drug-likeness (QED) is 0.858. The van der Waals surface area contributed by atoms with E-state index in [0.29, 0.717) is 12.6 Å². The first-order valence-corrected chi connectivity index (χ1v) is 9.25. The van der Waals surface area contributed by atoms with Crippen molar-refractivity contribution in [3.63, 3.8) is 0 Å². The first-order chi connectivity index (χ1) is 12.3. The molecule has 1 aromatic carbocycles. The summed E-state index contributed by atoms with van der Waals surface area (Å²) in [4.78, 5) is 4.84. The minimum absolute atomic E-state index is 0.395. The summed E-state index contributed by atoms with van der Waals surface area (Å²) in [6, 6.07) is 8.67. The second kappa shape index (κ2) is 6.04. The van der Waals surface area contributed by atoms with Crippen LogP contribution in [-0.2, 0) is 17.7 Å². The van der Waals surface area contributed by atoms with Crippen LogP contribution in [0.15, 0.2) is 24.3 Å². The Morgan fingerprint density at radius 1 is 1.20 bits per heavy atom. The van der Waals surface area contributed by atoms with Gasteiger partial charge in [0.25, 0.3) is 0 Å². The minimum Gasteiger partial charge on any atom is -0.490 e. The number of benzene rings is 1. The molecule has 4 heterocycles. The maximum Gasteiger partial charge on any atom is 0.160 e. The van der Waals surface area contributed by atoms with Gasteiger partial charge in [-0.3, -0.25) is 9.58 Å². The highest BCUT2D eigenvalue weighted by Crippen LogP contribution is 2.40. The van der Waals surface area contributed by atoms with Crippen molar-refractivity contribution < 1.29 is 9.47 Å². The lowest BCUT2D eigenvalue weighted by atomic mass is 10.1. The van der Waals surface area contributed by atoms with Crippen molar-refractivity contribution in [1.29, 1.82) is 0 Å². The van der Waals surface area contributed by atoms with Gasteiger partial charge in [-0.2, -0.15) is 5.10 Å². The highest BCUT2D eigenvalue weighted by atomic mass is 16.5. The zero-order valence-electron chi connectivity index (χ0n) is 14.6. The van der Waals surface area contributed by atoms with Crippen LogP contribution in [0, 0.1) is 0 Å². The molecular weight excluding hydrogens is 316 g/mol. The summed E-state index contributed by atoms with van der Waals surface area (Å²) >= 11 is 0. The largest absolute Gasteiger partial charge is 0.490 e. The number of nitrogens with zero attached hydrogens (tertiary/aromatic N) is 4. The molecule has 6 nitrogen and oxygen atoms in total. The lowest BCUT2D eigenvalue weighted by Gasteiger charge is -2.32. The average Bonchev–Trinajstić information content (AvgIpc) is 2.98. The van der Waals surface area contributed by atoms with Gasteiger partial charge < -0.3 is 14.4 Å². The Morgan fingerprint density at radius 2 is 2.08 bits per heavy atom. The third kappa shape index (κ3) is 2.43. The molecular formula is C19H24N4O2. The van der Waals surface area contributed by atoms with E-state index in [2.05, 4.69) is 33.5 Å². The molecule has 25 heavy (non-hydrogen) atoms. The molecule has 1 fully saturated rings. The first kappa shape index (κ1) is 15.2. The standard InChI is InChI=1S/C19H24N4O2/c1-2-21-8-7-16-15(11-21)19(20-23(16)14-12-24-13-14)22-9-10-25-18-6-4-3-5-17(18)22/h3-6,14H,2,7-13H2,1H3. The van der Waals surface area contributed by atoms with Crippen LogP contribution in [0.5, 0.6) is 5.75 Å². The number of hydrogen-bond donors (Lipinski definition) is 0. The Labute approximate surface area is 147 Å². The molecule has 1 saturated heterocycles. The fraction of sp³-hybridized carbons (Fsp3) is 0.526. The summed E-state index contributed by atoms with van der Waals surface area (Å²) in [6.07, 6.45) is 1.07. The van der Waals surface area contributed by atoms with E-state index in [1.54, 1.807) is 0 Å². The minimum atomic E-state index is 0.395. The van der Waals surface area contributed by atoms with Gasteiger partial charge >= 0.3 is 0 Å². The lowest BCUT2D eigenvalue weighted by Crippen LogP contribution is -2.35. The van der Waals surface area contributed by atoms with Crippen molar-refractivity contribution in [2.24, 2.45) is 0 Å². The predicted molar refractivity (Wildman–Crippen MR) is 95.7 cm³/mol. The van der Waals surface area contributed by atoms with E-state index in [4.69, 9.17) is 14.6 Å². The molecule has 0 aliphatic carbocycles. The molecule has 0 spiro atoms. The van der Waals surface area contributed by atoms with Crippen LogP contribution in [-0.4, -0.2) is 54.1 Å². The normalized spacial score (nSPS) is 20.6. The third-order valence-electron chi connectivity index (χ3n) is 5.54. The van der Waals surface area contributed by atoms with E-state index in [1.807, 2.05) is 12.1 Å². The number of rotatable bonds is 3. The van der Waals surface area contributed by atoms with Gasteiger partial charge in [-0.05, 0) is 18.7 Å². The van der Waals surface area contributed by atoms with Crippen molar-refractivity contribution in [3.8, 4) is 5.75 Å². The molecule has 0 saturated carbocycles. The molecule has 0 bridgehead atoms. The van der Waals surface area contributed by atoms with Crippen LogP contribution >= 0.6 is 0 Å². The van der Waals surface area contributed by atoms with Crippen molar-refractivity contribution in [2.45, 2.75) is 25.9 Å². The monoisotopic (exact) mass is 340 g/mol. The number of fused-ring (bicyclic) bond motifs is 2. The SMILES string of the molecule is CCN1CCc2c(c(N3CCOc4ccccc43)nn2C2COC2)C1. The average molecular weight is 340 g/mol. The number of para-hydroxylation sites is 2. The first-order valence-electron chi connectivity index (χ1n) is 9.25. The van der Waals surface area contributed by atoms with E-state index in [0.717, 1.165) is 63.1 Å². The molecule has 5 rings (SSSR count). The van der Waals surface area contributed by atoms with E-state index in [9.17, 15) is 0 Å². The highest BCUT2D eigenvalue weighted by molar-refractivity contribution is 5.70. The maximum absolute atomic E-state index is 5.84. The summed E-state index contributed by atoms with van der Waals surface area (Å²) < 4.78 is 13.5. The molecule has 3 aliphatic rings. The Kier molecular flexibility index (Phi) is 3.68. The van der Waals surface area contributed by atoms with Gasteiger partial charge in [-0.25, -0.2) is 0 Å². The number of aromatic nitrogens is 2. The van der Waals surface area contributed by atoms with Gasteiger partial charge in [0.2, 0.25) is 0 Å². The van der Waals surface area contributed by atoms with Crippen molar-refractivity contribution >= 4 is 11.5 Å². The van der Waals surface area contributed by atoms with Gasteiger partial charge in [0.05, 0.1) is 31.5 Å². The molecule has 0 atom stereocenters. The topological polar surface area (TPSA) is 42.8 Å². The van der Waals surface area contributed by atoms with Crippen LogP contribution < -0.4 is 9.64 Å². The summed E-state index contributed by atoms with van der Waals surface area (Å²) in [5, 5.41) is 5.09. The lowest BCUT2D eigenvalue weighted by molar-refractivity contribution is -0.0301. The van der Waals surface area contributed by atoms with Crippen LogP contribution in [0.1, 0.15) is 24.2 Å².